The van der Waals surface area contributed by atoms with Crippen molar-refractivity contribution >= 4 is 5.91 Å². The van der Waals surface area contributed by atoms with Crippen LogP contribution in [0.4, 0.5) is 0 Å². The highest BCUT2D eigenvalue weighted by atomic mass is 16.3. The summed E-state index contributed by atoms with van der Waals surface area (Å²) in [6, 6.07) is 0. The lowest BCUT2D eigenvalue weighted by molar-refractivity contribution is -0.131. The molecular formula is C11H19N3O2. The number of aromatic nitrogens is 2. The molecule has 0 fully saturated rings. The van der Waals surface area contributed by atoms with Gasteiger partial charge in [0.25, 0.3) is 0 Å². The molecule has 1 aromatic heterocycles. The zero-order chi connectivity index (χ0) is 12.1. The van der Waals surface area contributed by atoms with Gasteiger partial charge in [-0.1, -0.05) is 0 Å². The molecule has 90 valence electrons. The molecule has 1 atom stereocenters. The summed E-state index contributed by atoms with van der Waals surface area (Å²) in [5.74, 6) is 0.0461. The molecule has 1 amide bonds. The van der Waals surface area contributed by atoms with Crippen molar-refractivity contribution in [3.8, 4) is 0 Å². The first-order valence-corrected chi connectivity index (χ1v) is 5.38. The summed E-state index contributed by atoms with van der Waals surface area (Å²) in [6.07, 6.45) is 4.34. The van der Waals surface area contributed by atoms with Crippen LogP contribution in [0.3, 0.4) is 0 Å². The number of rotatable bonds is 5. The van der Waals surface area contributed by atoms with Gasteiger partial charge in [0.05, 0.1) is 12.3 Å². The van der Waals surface area contributed by atoms with Crippen LogP contribution in [-0.4, -0.2) is 45.4 Å². The van der Waals surface area contributed by atoms with Crippen molar-refractivity contribution in [2.24, 2.45) is 7.05 Å². The molecule has 0 aliphatic carbocycles. The number of aryl methyl sites for hydroxylation is 2. The Kier molecular flexibility index (Phi) is 4.49. The number of nitrogens with zero attached hydrogens (tertiary/aromatic N) is 3. The van der Waals surface area contributed by atoms with E-state index in [0.29, 0.717) is 19.4 Å². The molecule has 0 saturated heterocycles. The van der Waals surface area contributed by atoms with Gasteiger partial charge in [-0.25, -0.2) is 0 Å². The fourth-order valence-corrected chi connectivity index (χ4v) is 1.54. The van der Waals surface area contributed by atoms with Crippen LogP contribution in [0.15, 0.2) is 12.4 Å². The highest BCUT2D eigenvalue weighted by Crippen LogP contribution is 2.03. The minimum Gasteiger partial charge on any atom is -0.392 e. The Morgan fingerprint density at radius 3 is 2.88 bits per heavy atom. The molecule has 0 aliphatic rings. The number of hydrogen-bond acceptors (Lipinski definition) is 3. The van der Waals surface area contributed by atoms with Crippen molar-refractivity contribution in [1.29, 1.82) is 0 Å². The van der Waals surface area contributed by atoms with E-state index in [1.54, 1.807) is 29.7 Å². The first-order valence-electron chi connectivity index (χ1n) is 5.38. The predicted molar refractivity (Wildman–Crippen MR) is 60.8 cm³/mol. The van der Waals surface area contributed by atoms with Crippen LogP contribution >= 0.6 is 0 Å². The third kappa shape index (κ3) is 4.02. The Morgan fingerprint density at radius 2 is 2.38 bits per heavy atom. The van der Waals surface area contributed by atoms with E-state index in [0.717, 1.165) is 5.56 Å². The van der Waals surface area contributed by atoms with Crippen LogP contribution < -0.4 is 0 Å². The summed E-state index contributed by atoms with van der Waals surface area (Å²) >= 11 is 0. The molecule has 0 aliphatic heterocycles. The van der Waals surface area contributed by atoms with E-state index in [2.05, 4.69) is 5.10 Å². The second-order valence-corrected chi connectivity index (χ2v) is 4.15. The van der Waals surface area contributed by atoms with Gasteiger partial charge in [-0.15, -0.1) is 0 Å². The van der Waals surface area contributed by atoms with Crippen molar-refractivity contribution in [2.75, 3.05) is 13.6 Å². The fourth-order valence-electron chi connectivity index (χ4n) is 1.54. The molecule has 1 N–H and O–H groups in total. The van der Waals surface area contributed by atoms with Crippen LogP contribution in [0, 0.1) is 0 Å². The summed E-state index contributed by atoms with van der Waals surface area (Å²) in [5, 5.41) is 13.2. The topological polar surface area (TPSA) is 58.4 Å². The Morgan fingerprint density at radius 1 is 1.69 bits per heavy atom. The van der Waals surface area contributed by atoms with Crippen molar-refractivity contribution in [3.05, 3.63) is 18.0 Å². The molecule has 5 nitrogen and oxygen atoms in total. The van der Waals surface area contributed by atoms with Crippen LogP contribution in [-0.2, 0) is 18.3 Å². The number of aliphatic hydroxyl groups is 1. The van der Waals surface area contributed by atoms with Crippen molar-refractivity contribution in [1.82, 2.24) is 14.7 Å². The molecule has 1 unspecified atom stereocenters. The molecule has 0 radical (unpaired) electrons. The monoisotopic (exact) mass is 225 g/mol. The minimum atomic E-state index is -0.479. The molecule has 0 spiro atoms. The van der Waals surface area contributed by atoms with Gasteiger partial charge in [0.15, 0.2) is 0 Å². The third-order valence-electron chi connectivity index (χ3n) is 2.35. The van der Waals surface area contributed by atoms with E-state index in [4.69, 9.17) is 5.11 Å². The van der Waals surface area contributed by atoms with Crippen LogP contribution in [0.5, 0.6) is 0 Å². The first kappa shape index (κ1) is 12.7. The van der Waals surface area contributed by atoms with Gasteiger partial charge in [0.1, 0.15) is 0 Å². The third-order valence-corrected chi connectivity index (χ3v) is 2.35. The highest BCUT2D eigenvalue weighted by molar-refractivity contribution is 5.76. The lowest BCUT2D eigenvalue weighted by Crippen LogP contribution is -2.33. The van der Waals surface area contributed by atoms with Crippen molar-refractivity contribution < 1.29 is 9.90 Å². The van der Waals surface area contributed by atoms with Gasteiger partial charge >= 0.3 is 0 Å². The fraction of sp³-hybridized carbons (Fsp3) is 0.636. The normalized spacial score (nSPS) is 12.5. The van der Waals surface area contributed by atoms with Gasteiger partial charge in [-0.2, -0.15) is 5.10 Å². The maximum absolute atomic E-state index is 11.6. The summed E-state index contributed by atoms with van der Waals surface area (Å²) < 4.78 is 1.72. The molecule has 1 aromatic rings. The maximum Gasteiger partial charge on any atom is 0.222 e. The summed E-state index contributed by atoms with van der Waals surface area (Å²) in [7, 11) is 3.56. The van der Waals surface area contributed by atoms with E-state index in [1.807, 2.05) is 13.2 Å². The molecule has 5 heteroatoms. The second-order valence-electron chi connectivity index (χ2n) is 4.15. The summed E-state index contributed by atoms with van der Waals surface area (Å²) in [5.41, 5.74) is 1.06. The number of amides is 1. The smallest absolute Gasteiger partial charge is 0.222 e. The summed E-state index contributed by atoms with van der Waals surface area (Å²) in [4.78, 5) is 13.2. The van der Waals surface area contributed by atoms with Gasteiger partial charge in [0, 0.05) is 33.3 Å². The van der Waals surface area contributed by atoms with E-state index in [9.17, 15) is 4.79 Å². The Labute approximate surface area is 95.7 Å². The average Bonchev–Trinajstić information content (AvgIpc) is 2.59. The van der Waals surface area contributed by atoms with Gasteiger partial charge in [-0.3, -0.25) is 9.48 Å². The number of carbonyl (C=O) groups excluding carboxylic acids is 1. The van der Waals surface area contributed by atoms with Crippen molar-refractivity contribution in [3.63, 3.8) is 0 Å². The zero-order valence-corrected chi connectivity index (χ0v) is 10.1. The highest BCUT2D eigenvalue weighted by Gasteiger charge is 2.11. The zero-order valence-electron chi connectivity index (χ0n) is 10.1. The van der Waals surface area contributed by atoms with Gasteiger partial charge < -0.3 is 10.0 Å². The number of hydrogen-bond donors (Lipinski definition) is 1. The summed E-state index contributed by atoms with van der Waals surface area (Å²) in [6.45, 7) is 2.05. The second kappa shape index (κ2) is 5.65. The van der Waals surface area contributed by atoms with Crippen LogP contribution in [0.1, 0.15) is 18.9 Å². The lowest BCUT2D eigenvalue weighted by atomic mass is 10.2. The van der Waals surface area contributed by atoms with Gasteiger partial charge in [-0.05, 0) is 18.9 Å². The van der Waals surface area contributed by atoms with Crippen molar-refractivity contribution in [2.45, 2.75) is 25.9 Å². The molecule has 0 saturated carbocycles. The maximum atomic E-state index is 11.6. The number of likely N-dealkylation sites (N-methyl/N-ethyl adjacent to an activating group) is 1. The van der Waals surface area contributed by atoms with E-state index < -0.39 is 6.10 Å². The van der Waals surface area contributed by atoms with E-state index >= 15 is 0 Å². The molecule has 1 rings (SSSR count). The quantitative estimate of drug-likeness (QED) is 0.778. The SMILES string of the molecule is CC(O)CN(C)C(=O)CCc1cnn(C)c1. The number of carbonyl (C=O) groups is 1. The molecule has 1 heterocycles. The molecule has 16 heavy (non-hydrogen) atoms. The Hall–Kier alpha value is -1.36. The van der Waals surface area contributed by atoms with E-state index in [1.165, 1.54) is 0 Å². The Bertz CT molecular complexity index is 347. The Balaban J connectivity index is 2.35. The van der Waals surface area contributed by atoms with Gasteiger partial charge in [0.2, 0.25) is 5.91 Å². The molecule has 0 aromatic carbocycles. The standard InChI is InChI=1S/C11H19N3O2/c1-9(15)7-13(2)11(16)5-4-10-6-12-14(3)8-10/h6,8-9,15H,4-5,7H2,1-3H3. The molecule has 0 bridgehead atoms. The first-order chi connectivity index (χ1) is 7.49. The minimum absolute atomic E-state index is 0.0461. The largest absolute Gasteiger partial charge is 0.392 e. The molecular weight excluding hydrogens is 206 g/mol. The number of aliphatic hydroxyl groups excluding tert-OH is 1. The lowest BCUT2D eigenvalue weighted by Gasteiger charge is -2.18. The van der Waals surface area contributed by atoms with Crippen LogP contribution in [0.25, 0.3) is 0 Å². The predicted octanol–water partition coefficient (Wildman–Crippen LogP) is 0.192. The average molecular weight is 225 g/mol. The van der Waals surface area contributed by atoms with Crippen LogP contribution in [0.2, 0.25) is 0 Å². The van der Waals surface area contributed by atoms with E-state index in [-0.39, 0.29) is 5.91 Å².